The average molecular weight is 331 g/mol. The van der Waals surface area contributed by atoms with Gasteiger partial charge >= 0.3 is 6.09 Å². The number of nitrogens with zero attached hydrogens (tertiary/aromatic N) is 1. The van der Waals surface area contributed by atoms with Crippen LogP contribution in [0.2, 0.25) is 0 Å². The molecule has 1 aromatic rings. The highest BCUT2D eigenvalue weighted by molar-refractivity contribution is 5.67. The largest absolute Gasteiger partial charge is 0.506 e. The number of alkyl carbamates (subject to hydrolysis) is 1. The average Bonchev–Trinajstić information content (AvgIpc) is 2.39. The molecule has 0 atom stereocenters. The van der Waals surface area contributed by atoms with Crippen molar-refractivity contribution in [1.29, 1.82) is 0 Å². The van der Waals surface area contributed by atoms with E-state index in [9.17, 15) is 18.7 Å². The van der Waals surface area contributed by atoms with E-state index in [2.05, 4.69) is 10.3 Å². The molecular weight excluding hydrogens is 308 g/mol. The number of aromatic hydroxyl groups is 1. The molecule has 0 aliphatic rings. The lowest BCUT2D eigenvalue weighted by Gasteiger charge is -2.22. The fraction of sp³-hybridized carbons (Fsp3) is 0.600. The van der Waals surface area contributed by atoms with E-state index < -0.39 is 30.7 Å². The van der Waals surface area contributed by atoms with Crippen molar-refractivity contribution in [2.24, 2.45) is 0 Å². The summed E-state index contributed by atoms with van der Waals surface area (Å²) in [5.74, 6) is -3.21. The standard InChI is InChI=1S/C15H23F2N3O3/c1-10-5-6-12(21)11(20-10)7-18-8-15(16,17)9-19-13(22)23-14(2,3)4/h5-6,18,21H,7-9H2,1-4H3,(H,19,22). The quantitative estimate of drug-likeness (QED) is 0.745. The first-order valence-corrected chi connectivity index (χ1v) is 7.19. The Bertz CT molecular complexity index is 545. The minimum absolute atomic E-state index is 0.00442. The van der Waals surface area contributed by atoms with Crippen molar-refractivity contribution in [2.45, 2.75) is 45.8 Å². The van der Waals surface area contributed by atoms with Gasteiger partial charge in [0.25, 0.3) is 5.92 Å². The van der Waals surface area contributed by atoms with Crippen LogP contribution >= 0.6 is 0 Å². The lowest BCUT2D eigenvalue weighted by atomic mass is 10.2. The molecule has 1 aromatic heterocycles. The predicted molar refractivity (Wildman–Crippen MR) is 81.5 cm³/mol. The van der Waals surface area contributed by atoms with E-state index in [1.165, 1.54) is 6.07 Å². The molecule has 1 amide bonds. The maximum absolute atomic E-state index is 13.7. The molecule has 1 rings (SSSR count). The molecule has 0 saturated heterocycles. The van der Waals surface area contributed by atoms with E-state index >= 15 is 0 Å². The zero-order valence-electron chi connectivity index (χ0n) is 13.7. The van der Waals surface area contributed by atoms with Gasteiger partial charge in [-0.2, -0.15) is 0 Å². The molecule has 0 unspecified atom stereocenters. The number of carbonyl (C=O) groups is 1. The van der Waals surface area contributed by atoms with Crippen molar-refractivity contribution in [3.05, 3.63) is 23.5 Å². The Morgan fingerprint density at radius 1 is 1.30 bits per heavy atom. The van der Waals surface area contributed by atoms with Gasteiger partial charge in [0.15, 0.2) is 0 Å². The van der Waals surface area contributed by atoms with Crippen LogP contribution in [0.1, 0.15) is 32.2 Å². The highest BCUT2D eigenvalue weighted by Crippen LogP contribution is 2.16. The van der Waals surface area contributed by atoms with Gasteiger partial charge < -0.3 is 20.5 Å². The molecule has 0 aromatic carbocycles. The van der Waals surface area contributed by atoms with E-state index in [-0.39, 0.29) is 12.3 Å². The van der Waals surface area contributed by atoms with E-state index in [1.54, 1.807) is 33.8 Å². The summed E-state index contributed by atoms with van der Waals surface area (Å²) < 4.78 is 32.3. The number of nitrogens with one attached hydrogen (secondary N) is 2. The molecule has 6 nitrogen and oxygen atoms in total. The first kappa shape index (κ1) is 19.1. The molecule has 3 N–H and O–H groups in total. The van der Waals surface area contributed by atoms with Gasteiger partial charge in [0, 0.05) is 12.2 Å². The summed E-state index contributed by atoms with van der Waals surface area (Å²) in [5.41, 5.74) is 0.227. The van der Waals surface area contributed by atoms with E-state index in [1.807, 2.05) is 5.32 Å². The Morgan fingerprint density at radius 2 is 1.96 bits per heavy atom. The summed E-state index contributed by atoms with van der Waals surface area (Å²) in [7, 11) is 0. The van der Waals surface area contributed by atoms with Gasteiger partial charge in [-0.25, -0.2) is 13.6 Å². The molecule has 0 aliphatic carbocycles. The smallest absolute Gasteiger partial charge is 0.407 e. The Balaban J connectivity index is 2.40. The fourth-order valence-corrected chi connectivity index (χ4v) is 1.68. The Morgan fingerprint density at radius 3 is 2.57 bits per heavy atom. The molecule has 1 heterocycles. The number of halogens is 2. The minimum atomic E-state index is -3.16. The van der Waals surface area contributed by atoms with E-state index in [4.69, 9.17) is 4.74 Å². The zero-order chi connectivity index (χ0) is 17.7. The SMILES string of the molecule is Cc1ccc(O)c(CNCC(F)(F)CNC(=O)OC(C)(C)C)n1. The van der Waals surface area contributed by atoms with Crippen LogP contribution in [0.15, 0.2) is 12.1 Å². The van der Waals surface area contributed by atoms with Gasteiger partial charge in [0.1, 0.15) is 11.4 Å². The molecule has 0 bridgehead atoms. The van der Waals surface area contributed by atoms with Crippen LogP contribution in [0, 0.1) is 6.92 Å². The number of ether oxygens (including phenoxy) is 1. The van der Waals surface area contributed by atoms with Crippen molar-refractivity contribution < 1.29 is 23.4 Å². The van der Waals surface area contributed by atoms with Gasteiger partial charge in [-0.3, -0.25) is 4.98 Å². The lowest BCUT2D eigenvalue weighted by molar-refractivity contribution is -0.00385. The minimum Gasteiger partial charge on any atom is -0.506 e. The lowest BCUT2D eigenvalue weighted by Crippen LogP contribution is -2.44. The van der Waals surface area contributed by atoms with Crippen LogP contribution in [0.3, 0.4) is 0 Å². The zero-order valence-corrected chi connectivity index (χ0v) is 13.7. The van der Waals surface area contributed by atoms with Crippen LogP contribution in [-0.2, 0) is 11.3 Å². The highest BCUT2D eigenvalue weighted by atomic mass is 19.3. The van der Waals surface area contributed by atoms with Crippen molar-refractivity contribution >= 4 is 6.09 Å². The second-order valence-corrected chi connectivity index (χ2v) is 6.23. The summed E-state index contributed by atoms with van der Waals surface area (Å²) in [6, 6.07) is 3.08. The molecule has 0 radical (unpaired) electrons. The third-order valence-corrected chi connectivity index (χ3v) is 2.66. The van der Waals surface area contributed by atoms with E-state index in [0.717, 1.165) is 0 Å². The fourth-order valence-electron chi connectivity index (χ4n) is 1.68. The first-order valence-electron chi connectivity index (χ1n) is 7.19. The number of amides is 1. The molecular formula is C15H23F2N3O3. The maximum atomic E-state index is 13.7. The number of carbonyl (C=O) groups excluding carboxylic acids is 1. The number of pyridine rings is 1. The Kier molecular flexibility index (Phi) is 6.26. The molecule has 8 heteroatoms. The van der Waals surface area contributed by atoms with Crippen LogP contribution in [0.25, 0.3) is 0 Å². The third kappa shape index (κ3) is 7.73. The third-order valence-electron chi connectivity index (χ3n) is 2.66. The van der Waals surface area contributed by atoms with Crippen molar-refractivity contribution in [1.82, 2.24) is 15.6 Å². The van der Waals surface area contributed by atoms with Crippen LogP contribution in [0.4, 0.5) is 13.6 Å². The highest BCUT2D eigenvalue weighted by Gasteiger charge is 2.30. The van der Waals surface area contributed by atoms with Crippen molar-refractivity contribution in [3.8, 4) is 5.75 Å². The second-order valence-electron chi connectivity index (χ2n) is 6.23. The normalized spacial score (nSPS) is 12.1. The number of hydrogen-bond donors (Lipinski definition) is 3. The summed E-state index contributed by atoms with van der Waals surface area (Å²) in [4.78, 5) is 15.4. The molecule has 0 saturated carbocycles. The number of alkyl halides is 2. The van der Waals surface area contributed by atoms with E-state index in [0.29, 0.717) is 11.4 Å². The van der Waals surface area contributed by atoms with Gasteiger partial charge in [-0.05, 0) is 39.8 Å². The van der Waals surface area contributed by atoms with Gasteiger partial charge in [0.2, 0.25) is 0 Å². The topological polar surface area (TPSA) is 83.5 Å². The summed E-state index contributed by atoms with van der Waals surface area (Å²) in [5, 5.41) is 14.1. The molecule has 130 valence electrons. The summed E-state index contributed by atoms with van der Waals surface area (Å²) in [6.45, 7) is 5.16. The van der Waals surface area contributed by atoms with Crippen LogP contribution < -0.4 is 10.6 Å². The number of aromatic nitrogens is 1. The van der Waals surface area contributed by atoms with Gasteiger partial charge in [-0.15, -0.1) is 0 Å². The second kappa shape index (κ2) is 7.54. The van der Waals surface area contributed by atoms with Crippen LogP contribution in [-0.4, -0.2) is 40.8 Å². The molecule has 0 aliphatic heterocycles. The summed E-state index contributed by atoms with van der Waals surface area (Å²) >= 11 is 0. The van der Waals surface area contributed by atoms with Crippen molar-refractivity contribution in [3.63, 3.8) is 0 Å². The molecule has 0 spiro atoms. The predicted octanol–water partition coefficient (Wildman–Crippen LogP) is 2.35. The van der Waals surface area contributed by atoms with Gasteiger partial charge in [-0.1, -0.05) is 0 Å². The monoisotopic (exact) mass is 331 g/mol. The Labute approximate surface area is 134 Å². The molecule has 23 heavy (non-hydrogen) atoms. The maximum Gasteiger partial charge on any atom is 0.407 e. The summed E-state index contributed by atoms with van der Waals surface area (Å²) in [6.07, 6.45) is -0.893. The number of rotatable bonds is 6. The number of hydrogen-bond acceptors (Lipinski definition) is 5. The Hall–Kier alpha value is -1.96. The number of aryl methyl sites for hydroxylation is 1. The van der Waals surface area contributed by atoms with Crippen LogP contribution in [0.5, 0.6) is 5.75 Å². The molecule has 0 fully saturated rings. The van der Waals surface area contributed by atoms with Crippen molar-refractivity contribution in [2.75, 3.05) is 13.1 Å². The van der Waals surface area contributed by atoms with Gasteiger partial charge in [0.05, 0.1) is 18.8 Å². The first-order chi connectivity index (χ1) is 10.5.